The lowest BCUT2D eigenvalue weighted by molar-refractivity contribution is -0.121. The first kappa shape index (κ1) is 21.2. The molecule has 154 valence electrons. The molecular weight excluding hydrogens is 386 g/mol. The number of piperidine rings is 1. The van der Waals surface area contributed by atoms with Crippen molar-refractivity contribution in [2.45, 2.75) is 39.2 Å². The summed E-state index contributed by atoms with van der Waals surface area (Å²) in [5, 5.41) is 6.56. The highest BCUT2D eigenvalue weighted by molar-refractivity contribution is 6.31. The van der Waals surface area contributed by atoms with E-state index in [1.807, 2.05) is 60.4 Å². The minimum absolute atomic E-state index is 0.0196. The monoisotopic (exact) mass is 413 g/mol. The Labute approximate surface area is 177 Å². The summed E-state index contributed by atoms with van der Waals surface area (Å²) in [5.74, 6) is 0.365. The fourth-order valence-corrected chi connectivity index (χ4v) is 3.79. The zero-order valence-electron chi connectivity index (χ0n) is 16.8. The van der Waals surface area contributed by atoms with Crippen molar-refractivity contribution in [3.63, 3.8) is 0 Å². The largest absolute Gasteiger partial charge is 0.352 e. The second-order valence-electron chi connectivity index (χ2n) is 7.66. The lowest BCUT2D eigenvalue weighted by atomic mass is 9.93. The van der Waals surface area contributed by atoms with Crippen LogP contribution in [0.5, 0.6) is 0 Å². The number of halogens is 1. The van der Waals surface area contributed by atoms with E-state index in [4.69, 9.17) is 11.6 Å². The highest BCUT2D eigenvalue weighted by Crippen LogP contribution is 2.22. The van der Waals surface area contributed by atoms with E-state index in [2.05, 4.69) is 10.6 Å². The molecule has 0 spiro atoms. The third-order valence-corrected chi connectivity index (χ3v) is 5.69. The van der Waals surface area contributed by atoms with Crippen LogP contribution in [0.2, 0.25) is 5.02 Å². The number of carbonyl (C=O) groups is 2. The summed E-state index contributed by atoms with van der Waals surface area (Å²) in [5.41, 5.74) is 2.88. The lowest BCUT2D eigenvalue weighted by Crippen LogP contribution is -2.42. The molecule has 1 heterocycles. The SMILES string of the molecule is Cc1ccc(NC(=O)N2CCC[C@@H](CCC(=O)NCc3ccccc3Cl)C2)cc1. The number of aryl methyl sites for hydroxylation is 1. The van der Waals surface area contributed by atoms with E-state index < -0.39 is 0 Å². The molecule has 1 aliphatic rings. The maximum absolute atomic E-state index is 12.6. The topological polar surface area (TPSA) is 61.4 Å². The van der Waals surface area contributed by atoms with Crippen LogP contribution in [0.15, 0.2) is 48.5 Å². The van der Waals surface area contributed by atoms with Crippen LogP contribution in [0, 0.1) is 12.8 Å². The second kappa shape index (κ2) is 10.3. The highest BCUT2D eigenvalue weighted by atomic mass is 35.5. The quantitative estimate of drug-likeness (QED) is 0.700. The number of hydrogen-bond acceptors (Lipinski definition) is 2. The van der Waals surface area contributed by atoms with Crippen molar-refractivity contribution in [3.05, 3.63) is 64.7 Å². The molecule has 1 saturated heterocycles. The molecule has 5 nitrogen and oxygen atoms in total. The molecule has 3 amide bonds. The molecule has 0 aromatic heterocycles. The van der Waals surface area contributed by atoms with Crippen LogP contribution in [0.1, 0.15) is 36.8 Å². The highest BCUT2D eigenvalue weighted by Gasteiger charge is 2.24. The Bertz CT molecular complexity index is 838. The fourth-order valence-electron chi connectivity index (χ4n) is 3.58. The van der Waals surface area contributed by atoms with Crippen molar-refractivity contribution in [1.82, 2.24) is 10.2 Å². The normalized spacial score (nSPS) is 16.3. The molecular formula is C23H28ClN3O2. The van der Waals surface area contributed by atoms with Crippen molar-refractivity contribution in [3.8, 4) is 0 Å². The number of carbonyl (C=O) groups excluding carboxylic acids is 2. The molecule has 0 bridgehead atoms. The first-order chi connectivity index (χ1) is 14.0. The average Bonchev–Trinajstić information content (AvgIpc) is 2.73. The number of amides is 3. The first-order valence-corrected chi connectivity index (χ1v) is 10.5. The van der Waals surface area contributed by atoms with Crippen LogP contribution in [-0.4, -0.2) is 29.9 Å². The van der Waals surface area contributed by atoms with E-state index in [1.165, 1.54) is 0 Å². The van der Waals surface area contributed by atoms with Gasteiger partial charge in [-0.3, -0.25) is 4.79 Å². The number of rotatable bonds is 6. The number of hydrogen-bond donors (Lipinski definition) is 2. The van der Waals surface area contributed by atoms with E-state index in [1.54, 1.807) is 0 Å². The van der Waals surface area contributed by atoms with Gasteiger partial charge in [0.2, 0.25) is 5.91 Å². The molecule has 2 aromatic rings. The molecule has 2 N–H and O–H groups in total. The Hall–Kier alpha value is -2.53. The molecule has 6 heteroatoms. The van der Waals surface area contributed by atoms with E-state index in [-0.39, 0.29) is 11.9 Å². The minimum atomic E-state index is -0.0678. The first-order valence-electron chi connectivity index (χ1n) is 10.1. The molecule has 1 fully saturated rings. The number of nitrogens with one attached hydrogen (secondary N) is 2. The predicted molar refractivity (Wildman–Crippen MR) is 117 cm³/mol. The van der Waals surface area contributed by atoms with E-state index in [0.29, 0.717) is 30.5 Å². The molecule has 0 saturated carbocycles. The Morgan fingerprint density at radius 2 is 1.90 bits per heavy atom. The zero-order chi connectivity index (χ0) is 20.6. The maximum atomic E-state index is 12.6. The Balaban J connectivity index is 1.42. The smallest absolute Gasteiger partial charge is 0.321 e. The van der Waals surface area contributed by atoms with Gasteiger partial charge < -0.3 is 15.5 Å². The van der Waals surface area contributed by atoms with Crippen LogP contribution in [0.4, 0.5) is 10.5 Å². The summed E-state index contributed by atoms with van der Waals surface area (Å²) in [4.78, 5) is 26.6. The van der Waals surface area contributed by atoms with Crippen LogP contribution in [0.3, 0.4) is 0 Å². The van der Waals surface area contributed by atoms with Crippen LogP contribution in [0.25, 0.3) is 0 Å². The van der Waals surface area contributed by atoms with Crippen molar-refractivity contribution in [1.29, 1.82) is 0 Å². The molecule has 2 aromatic carbocycles. The average molecular weight is 414 g/mol. The van der Waals surface area contributed by atoms with Gasteiger partial charge in [-0.1, -0.05) is 47.5 Å². The van der Waals surface area contributed by atoms with Crippen molar-refractivity contribution in [2.24, 2.45) is 5.92 Å². The third kappa shape index (κ3) is 6.50. The van der Waals surface area contributed by atoms with Gasteiger partial charge in [0, 0.05) is 36.8 Å². The standard InChI is InChI=1S/C23H28ClN3O2/c1-17-8-11-20(12-9-17)26-23(29)27-14-4-5-18(16-27)10-13-22(28)25-15-19-6-2-3-7-21(19)24/h2-3,6-9,11-12,18H,4-5,10,13-16H2,1H3,(H,25,28)(H,26,29)/t18-/m0/s1. The number of anilines is 1. The van der Waals surface area contributed by atoms with Gasteiger partial charge in [0.25, 0.3) is 0 Å². The van der Waals surface area contributed by atoms with Gasteiger partial charge in [-0.2, -0.15) is 0 Å². The second-order valence-corrected chi connectivity index (χ2v) is 8.06. The van der Waals surface area contributed by atoms with Gasteiger partial charge in [0.1, 0.15) is 0 Å². The van der Waals surface area contributed by atoms with Crippen molar-refractivity contribution < 1.29 is 9.59 Å². The Kier molecular flexibility index (Phi) is 7.53. The van der Waals surface area contributed by atoms with Crippen molar-refractivity contribution in [2.75, 3.05) is 18.4 Å². The Morgan fingerprint density at radius 3 is 2.66 bits per heavy atom. The van der Waals surface area contributed by atoms with Gasteiger partial charge in [-0.15, -0.1) is 0 Å². The molecule has 0 radical (unpaired) electrons. The minimum Gasteiger partial charge on any atom is -0.352 e. The molecule has 3 rings (SSSR count). The van der Waals surface area contributed by atoms with Gasteiger partial charge >= 0.3 is 6.03 Å². The van der Waals surface area contributed by atoms with E-state index in [0.717, 1.165) is 42.6 Å². The lowest BCUT2D eigenvalue weighted by Gasteiger charge is -2.32. The van der Waals surface area contributed by atoms with Gasteiger partial charge in [-0.25, -0.2) is 4.79 Å². The maximum Gasteiger partial charge on any atom is 0.321 e. The van der Waals surface area contributed by atoms with E-state index >= 15 is 0 Å². The van der Waals surface area contributed by atoms with Crippen LogP contribution in [-0.2, 0) is 11.3 Å². The number of nitrogens with zero attached hydrogens (tertiary/aromatic N) is 1. The Morgan fingerprint density at radius 1 is 1.14 bits per heavy atom. The van der Waals surface area contributed by atoms with Crippen LogP contribution < -0.4 is 10.6 Å². The van der Waals surface area contributed by atoms with Gasteiger partial charge in [0.05, 0.1) is 0 Å². The molecule has 0 unspecified atom stereocenters. The van der Waals surface area contributed by atoms with Crippen molar-refractivity contribution >= 4 is 29.2 Å². The summed E-state index contributed by atoms with van der Waals surface area (Å²) in [6.07, 6.45) is 3.25. The molecule has 29 heavy (non-hydrogen) atoms. The third-order valence-electron chi connectivity index (χ3n) is 5.32. The summed E-state index contributed by atoms with van der Waals surface area (Å²) in [6.45, 7) is 3.90. The summed E-state index contributed by atoms with van der Waals surface area (Å²) in [7, 11) is 0. The van der Waals surface area contributed by atoms with Gasteiger partial charge in [-0.05, 0) is 55.9 Å². The fraction of sp³-hybridized carbons (Fsp3) is 0.391. The summed E-state index contributed by atoms with van der Waals surface area (Å²) >= 11 is 6.12. The zero-order valence-corrected chi connectivity index (χ0v) is 17.5. The van der Waals surface area contributed by atoms with Gasteiger partial charge in [0.15, 0.2) is 0 Å². The summed E-state index contributed by atoms with van der Waals surface area (Å²) < 4.78 is 0. The number of benzene rings is 2. The predicted octanol–water partition coefficient (Wildman–Crippen LogP) is 4.99. The molecule has 1 atom stereocenters. The van der Waals surface area contributed by atoms with Crippen LogP contribution >= 0.6 is 11.6 Å². The number of likely N-dealkylation sites (tertiary alicyclic amines) is 1. The number of urea groups is 1. The molecule has 0 aliphatic carbocycles. The summed E-state index contributed by atoms with van der Waals surface area (Å²) in [6, 6.07) is 15.2. The molecule has 1 aliphatic heterocycles. The van der Waals surface area contributed by atoms with E-state index in [9.17, 15) is 9.59 Å².